The number of rotatable bonds is 5. The van der Waals surface area contributed by atoms with Crippen LogP contribution in [0.1, 0.15) is 126 Å². The van der Waals surface area contributed by atoms with Crippen molar-refractivity contribution < 1.29 is 23.8 Å². The molecule has 2 saturated heterocycles. The van der Waals surface area contributed by atoms with Crippen molar-refractivity contribution in [3.05, 3.63) is 11.6 Å². The molecule has 0 aromatic heterocycles. The largest absolute Gasteiger partial charge is 0.462 e. The standard InChI is InChI=1S/C35H58N2O5/c1-32(2)17-27(18-33(3,4)36-32)41-30(38)25-12-10-22-15-24(11-9-23(22)16-25)29-14-13-26(21-40-29)31(39)42-28-19-34(5,6)37-35(7,8)20-28/h13,22-25,27-29,36-37H,9-12,14-21H2,1-8H3. The summed E-state index contributed by atoms with van der Waals surface area (Å²) in [5, 5.41) is 7.33. The smallest absolute Gasteiger partial charge is 0.336 e. The second-order valence-electron chi connectivity index (χ2n) is 17.1. The van der Waals surface area contributed by atoms with Gasteiger partial charge in [-0.05, 0) is 118 Å². The van der Waals surface area contributed by atoms with Gasteiger partial charge in [0.1, 0.15) is 12.2 Å². The third-order valence-electron chi connectivity index (χ3n) is 10.7. The van der Waals surface area contributed by atoms with Gasteiger partial charge in [-0.1, -0.05) is 6.08 Å². The Morgan fingerprint density at radius 1 is 0.714 bits per heavy atom. The van der Waals surface area contributed by atoms with Crippen LogP contribution in [0.2, 0.25) is 0 Å². The molecular formula is C35H58N2O5. The van der Waals surface area contributed by atoms with Crippen molar-refractivity contribution in [3.63, 3.8) is 0 Å². The van der Waals surface area contributed by atoms with Crippen molar-refractivity contribution in [3.8, 4) is 0 Å². The maximum absolute atomic E-state index is 13.2. The molecular weight excluding hydrogens is 528 g/mol. The number of hydrogen-bond donors (Lipinski definition) is 2. The SMILES string of the molecule is CC1(C)CC(OC(=O)C2=CCC(C3CCC4CC(C(=O)OC5CC(C)(C)NC(C)(C)C5)CCC4C3)OC2)CC(C)(C)N1. The zero-order chi connectivity index (χ0) is 30.5. The summed E-state index contributed by atoms with van der Waals surface area (Å²) < 4.78 is 18.5. The average molecular weight is 587 g/mol. The molecule has 238 valence electrons. The van der Waals surface area contributed by atoms with Crippen LogP contribution < -0.4 is 10.6 Å². The molecule has 2 aliphatic carbocycles. The Morgan fingerprint density at radius 3 is 1.76 bits per heavy atom. The van der Waals surface area contributed by atoms with E-state index in [2.05, 4.69) is 72.1 Å². The highest BCUT2D eigenvalue weighted by Crippen LogP contribution is 2.47. The van der Waals surface area contributed by atoms with Gasteiger partial charge in [0, 0.05) is 47.8 Å². The molecule has 0 aromatic rings. The summed E-state index contributed by atoms with van der Waals surface area (Å²) in [5.74, 6) is 1.66. The number of carbonyl (C=O) groups is 2. The van der Waals surface area contributed by atoms with Gasteiger partial charge in [0.25, 0.3) is 0 Å². The minimum Gasteiger partial charge on any atom is -0.462 e. The van der Waals surface area contributed by atoms with Crippen molar-refractivity contribution in [2.75, 3.05) is 6.61 Å². The third-order valence-corrected chi connectivity index (χ3v) is 10.7. The van der Waals surface area contributed by atoms with Crippen LogP contribution in [0.3, 0.4) is 0 Å². The van der Waals surface area contributed by atoms with Crippen LogP contribution in [-0.2, 0) is 23.8 Å². The first kappa shape index (κ1) is 32.0. The highest BCUT2D eigenvalue weighted by Gasteiger charge is 2.44. The Morgan fingerprint density at radius 2 is 1.21 bits per heavy atom. The summed E-state index contributed by atoms with van der Waals surface area (Å²) in [6.45, 7) is 17.8. The summed E-state index contributed by atoms with van der Waals surface area (Å²) in [5.41, 5.74) is 0.501. The number of fused-ring (bicyclic) bond motifs is 1. The van der Waals surface area contributed by atoms with Gasteiger partial charge in [-0.15, -0.1) is 0 Å². The number of nitrogens with one attached hydrogen (secondary N) is 2. The van der Waals surface area contributed by atoms with E-state index in [0.29, 0.717) is 29.9 Å². The topological polar surface area (TPSA) is 85.9 Å². The number of ether oxygens (including phenoxy) is 3. The predicted octanol–water partition coefficient (Wildman–Crippen LogP) is 6.24. The summed E-state index contributed by atoms with van der Waals surface area (Å²) in [4.78, 5) is 26.2. The molecule has 5 unspecified atom stereocenters. The zero-order valence-electron chi connectivity index (χ0n) is 27.6. The van der Waals surface area contributed by atoms with Gasteiger partial charge in [0.2, 0.25) is 0 Å². The van der Waals surface area contributed by atoms with E-state index < -0.39 is 0 Å². The molecule has 0 aromatic carbocycles. The number of hydrogen-bond acceptors (Lipinski definition) is 7. The molecule has 5 aliphatic rings. The minimum atomic E-state index is -0.211. The van der Waals surface area contributed by atoms with E-state index in [9.17, 15) is 9.59 Å². The van der Waals surface area contributed by atoms with E-state index in [0.717, 1.165) is 64.2 Å². The van der Waals surface area contributed by atoms with Crippen molar-refractivity contribution in [1.29, 1.82) is 0 Å². The van der Waals surface area contributed by atoms with Crippen molar-refractivity contribution in [2.24, 2.45) is 23.7 Å². The van der Waals surface area contributed by atoms with Crippen molar-refractivity contribution in [2.45, 2.75) is 166 Å². The number of piperidine rings is 2. The van der Waals surface area contributed by atoms with Crippen LogP contribution in [0.15, 0.2) is 11.6 Å². The number of esters is 2. The van der Waals surface area contributed by atoms with E-state index in [1.54, 1.807) is 0 Å². The molecule has 2 saturated carbocycles. The Hall–Kier alpha value is -1.44. The van der Waals surface area contributed by atoms with Crippen molar-refractivity contribution >= 4 is 11.9 Å². The molecule has 3 heterocycles. The van der Waals surface area contributed by atoms with Gasteiger partial charge in [-0.25, -0.2) is 4.79 Å². The van der Waals surface area contributed by atoms with Crippen LogP contribution >= 0.6 is 0 Å². The molecule has 5 atom stereocenters. The monoisotopic (exact) mass is 586 g/mol. The third kappa shape index (κ3) is 7.98. The van der Waals surface area contributed by atoms with Crippen LogP contribution in [0.25, 0.3) is 0 Å². The van der Waals surface area contributed by atoms with Crippen LogP contribution in [0.5, 0.6) is 0 Å². The van der Waals surface area contributed by atoms with E-state index in [-0.39, 0.29) is 58.3 Å². The molecule has 4 fully saturated rings. The van der Waals surface area contributed by atoms with Crippen LogP contribution in [0, 0.1) is 23.7 Å². The van der Waals surface area contributed by atoms with Gasteiger partial charge in [-0.2, -0.15) is 0 Å². The Bertz CT molecular complexity index is 1010. The second-order valence-corrected chi connectivity index (χ2v) is 17.1. The lowest BCUT2D eigenvalue weighted by Gasteiger charge is -2.47. The Balaban J connectivity index is 1.08. The molecule has 7 nitrogen and oxygen atoms in total. The fourth-order valence-electron chi connectivity index (χ4n) is 9.64. The van der Waals surface area contributed by atoms with E-state index in [4.69, 9.17) is 14.2 Å². The zero-order valence-corrected chi connectivity index (χ0v) is 27.6. The molecule has 5 rings (SSSR count). The van der Waals surface area contributed by atoms with Crippen molar-refractivity contribution in [1.82, 2.24) is 10.6 Å². The lowest BCUT2D eigenvalue weighted by atomic mass is 9.63. The van der Waals surface area contributed by atoms with E-state index in [1.165, 1.54) is 6.42 Å². The molecule has 0 bridgehead atoms. The first-order valence-corrected chi connectivity index (χ1v) is 16.8. The summed E-state index contributed by atoms with van der Waals surface area (Å²) in [6, 6.07) is 0. The molecule has 0 radical (unpaired) electrons. The van der Waals surface area contributed by atoms with Gasteiger partial charge >= 0.3 is 11.9 Å². The van der Waals surface area contributed by atoms with E-state index in [1.807, 2.05) is 0 Å². The fourth-order valence-corrected chi connectivity index (χ4v) is 9.64. The summed E-state index contributed by atoms with van der Waals surface area (Å²) >= 11 is 0. The molecule has 0 spiro atoms. The highest BCUT2D eigenvalue weighted by atomic mass is 16.6. The molecule has 7 heteroatoms. The van der Waals surface area contributed by atoms with Crippen LogP contribution in [0.4, 0.5) is 0 Å². The lowest BCUT2D eigenvalue weighted by molar-refractivity contribution is -0.161. The predicted molar refractivity (Wildman–Crippen MR) is 165 cm³/mol. The molecule has 3 aliphatic heterocycles. The van der Waals surface area contributed by atoms with Gasteiger partial charge in [-0.3, -0.25) is 4.79 Å². The highest BCUT2D eigenvalue weighted by molar-refractivity contribution is 5.89. The quantitative estimate of drug-likeness (QED) is 0.369. The van der Waals surface area contributed by atoms with Crippen LogP contribution in [-0.4, -0.2) is 59.0 Å². The van der Waals surface area contributed by atoms with Gasteiger partial charge < -0.3 is 24.8 Å². The Kier molecular flexibility index (Phi) is 8.99. The maximum Gasteiger partial charge on any atom is 0.336 e. The normalized spacial score (nSPS) is 36.3. The maximum atomic E-state index is 13.2. The summed E-state index contributed by atoms with van der Waals surface area (Å²) in [7, 11) is 0. The first-order chi connectivity index (χ1) is 19.5. The molecule has 0 amide bonds. The second kappa shape index (κ2) is 11.8. The number of carbonyl (C=O) groups excluding carboxylic acids is 2. The van der Waals surface area contributed by atoms with E-state index >= 15 is 0 Å². The van der Waals surface area contributed by atoms with Gasteiger partial charge in [0.05, 0.1) is 24.2 Å². The average Bonchev–Trinajstić information content (AvgIpc) is 2.84. The van der Waals surface area contributed by atoms with Gasteiger partial charge in [0.15, 0.2) is 0 Å². The lowest BCUT2D eigenvalue weighted by Crippen LogP contribution is -2.60. The Labute approximate surface area is 254 Å². The fraction of sp³-hybridized carbons (Fsp3) is 0.886. The summed E-state index contributed by atoms with van der Waals surface area (Å²) in [6.07, 6.45) is 12.8. The minimum absolute atomic E-state index is 0.00532. The molecule has 42 heavy (non-hydrogen) atoms. The molecule has 2 N–H and O–H groups in total. The first-order valence-electron chi connectivity index (χ1n) is 16.8.